The van der Waals surface area contributed by atoms with Crippen molar-refractivity contribution in [1.82, 2.24) is 15.4 Å². The third-order valence-corrected chi connectivity index (χ3v) is 5.80. The van der Waals surface area contributed by atoms with E-state index in [0.29, 0.717) is 11.5 Å². The predicted octanol–water partition coefficient (Wildman–Crippen LogP) is 1.98. The lowest BCUT2D eigenvalue weighted by Gasteiger charge is -2.28. The fourth-order valence-electron chi connectivity index (χ4n) is 2.43. The molecular formula is C19H23N3O5S. The standard InChI is InChI=1S/C19H23N3O5S/c1-5-6-7-8-13(2)27-15-9-11-16(12-10-15)28(25,26)22-14(3)19(4)17(23)20-18(24)21-19/h5-12,14,22H,2H2,1,3-4H3,(H2,20,21,23,24)/b6-5-,8-7-/t14-,19-/m1/s1. The van der Waals surface area contributed by atoms with Crippen LogP contribution in [0.5, 0.6) is 5.75 Å². The Morgan fingerprint density at radius 2 is 1.89 bits per heavy atom. The number of urea groups is 1. The van der Waals surface area contributed by atoms with Gasteiger partial charge in [-0.1, -0.05) is 24.8 Å². The van der Waals surface area contributed by atoms with Crippen LogP contribution >= 0.6 is 0 Å². The van der Waals surface area contributed by atoms with E-state index in [-0.39, 0.29) is 4.90 Å². The predicted molar refractivity (Wildman–Crippen MR) is 105 cm³/mol. The normalized spacial score (nSPS) is 21.0. The summed E-state index contributed by atoms with van der Waals surface area (Å²) >= 11 is 0. The molecule has 8 nitrogen and oxygen atoms in total. The average molecular weight is 405 g/mol. The van der Waals surface area contributed by atoms with Gasteiger partial charge in [-0.25, -0.2) is 17.9 Å². The maximum absolute atomic E-state index is 12.6. The Kier molecular flexibility index (Phi) is 6.42. The van der Waals surface area contributed by atoms with Gasteiger partial charge in [0.05, 0.1) is 10.9 Å². The van der Waals surface area contributed by atoms with Crippen LogP contribution in [-0.4, -0.2) is 31.9 Å². The highest BCUT2D eigenvalue weighted by atomic mass is 32.2. The SMILES string of the molecule is C=C(/C=C\C=C/C)Oc1ccc(S(=O)(=O)N[C@H](C)[C@@]2(C)NC(=O)NC2=O)cc1. The van der Waals surface area contributed by atoms with Crippen LogP contribution in [0.2, 0.25) is 0 Å². The summed E-state index contributed by atoms with van der Waals surface area (Å²) in [5.41, 5.74) is -1.38. The van der Waals surface area contributed by atoms with Gasteiger partial charge in [0, 0.05) is 0 Å². The van der Waals surface area contributed by atoms with Crippen LogP contribution in [0.3, 0.4) is 0 Å². The second-order valence-electron chi connectivity index (χ2n) is 6.38. The molecule has 1 aliphatic rings. The van der Waals surface area contributed by atoms with E-state index in [0.717, 1.165) is 0 Å². The molecular weight excluding hydrogens is 382 g/mol. The van der Waals surface area contributed by atoms with Gasteiger partial charge in [-0.05, 0) is 51.1 Å². The number of rotatable bonds is 8. The van der Waals surface area contributed by atoms with E-state index >= 15 is 0 Å². The summed E-state index contributed by atoms with van der Waals surface area (Å²) in [6.45, 7) is 8.59. The van der Waals surface area contributed by atoms with Gasteiger partial charge in [0.1, 0.15) is 17.0 Å². The molecule has 1 saturated heterocycles. The maximum Gasteiger partial charge on any atom is 0.322 e. The molecule has 1 fully saturated rings. The second kappa shape index (κ2) is 8.41. The van der Waals surface area contributed by atoms with Crippen molar-refractivity contribution in [2.45, 2.75) is 37.2 Å². The van der Waals surface area contributed by atoms with Gasteiger partial charge in [0.15, 0.2) is 0 Å². The van der Waals surface area contributed by atoms with Crippen molar-refractivity contribution < 1.29 is 22.7 Å². The minimum atomic E-state index is -3.92. The fourth-order valence-corrected chi connectivity index (χ4v) is 3.76. The van der Waals surface area contributed by atoms with Gasteiger partial charge in [0.25, 0.3) is 5.91 Å². The van der Waals surface area contributed by atoms with Crippen LogP contribution in [-0.2, 0) is 14.8 Å². The van der Waals surface area contributed by atoms with Gasteiger partial charge in [-0.2, -0.15) is 0 Å². The molecule has 2 atom stereocenters. The van der Waals surface area contributed by atoms with Crippen molar-refractivity contribution in [2.75, 3.05) is 0 Å². The molecule has 0 spiro atoms. The fraction of sp³-hybridized carbons (Fsp3) is 0.263. The molecule has 0 radical (unpaired) electrons. The molecule has 0 unspecified atom stereocenters. The maximum atomic E-state index is 12.6. The van der Waals surface area contributed by atoms with Crippen molar-refractivity contribution in [3.8, 4) is 5.75 Å². The zero-order valence-corrected chi connectivity index (χ0v) is 16.7. The highest BCUT2D eigenvalue weighted by molar-refractivity contribution is 7.89. The Morgan fingerprint density at radius 3 is 2.43 bits per heavy atom. The van der Waals surface area contributed by atoms with E-state index in [1.54, 1.807) is 12.2 Å². The minimum Gasteiger partial charge on any atom is -0.458 e. The molecule has 1 aromatic carbocycles. The smallest absolute Gasteiger partial charge is 0.322 e. The van der Waals surface area contributed by atoms with Gasteiger partial charge in [-0.15, -0.1) is 0 Å². The highest BCUT2D eigenvalue weighted by Gasteiger charge is 2.47. The lowest BCUT2D eigenvalue weighted by Crippen LogP contribution is -2.59. The number of imide groups is 1. The summed E-state index contributed by atoms with van der Waals surface area (Å²) in [4.78, 5) is 23.3. The summed E-state index contributed by atoms with van der Waals surface area (Å²) in [6, 6.07) is 4.21. The first-order valence-corrected chi connectivity index (χ1v) is 9.99. The number of nitrogens with one attached hydrogen (secondary N) is 3. The third-order valence-electron chi connectivity index (χ3n) is 4.24. The molecule has 1 aromatic rings. The summed E-state index contributed by atoms with van der Waals surface area (Å²) in [6.07, 6.45) is 7.13. The summed E-state index contributed by atoms with van der Waals surface area (Å²) in [5.74, 6) is 0.230. The van der Waals surface area contributed by atoms with E-state index in [1.807, 2.05) is 19.1 Å². The molecule has 9 heteroatoms. The number of allylic oxidation sites excluding steroid dienone is 4. The number of sulfonamides is 1. The molecule has 0 bridgehead atoms. The van der Waals surface area contributed by atoms with E-state index in [9.17, 15) is 18.0 Å². The zero-order chi connectivity index (χ0) is 20.9. The van der Waals surface area contributed by atoms with E-state index in [1.165, 1.54) is 38.1 Å². The summed E-state index contributed by atoms with van der Waals surface area (Å²) in [5, 5.41) is 4.54. The van der Waals surface area contributed by atoms with Crippen LogP contribution in [0.1, 0.15) is 20.8 Å². The van der Waals surface area contributed by atoms with Gasteiger partial charge in [-0.3, -0.25) is 10.1 Å². The van der Waals surface area contributed by atoms with E-state index in [4.69, 9.17) is 4.74 Å². The molecule has 3 amide bonds. The quantitative estimate of drug-likeness (QED) is 0.348. The van der Waals surface area contributed by atoms with E-state index < -0.39 is 33.5 Å². The molecule has 28 heavy (non-hydrogen) atoms. The number of carbonyl (C=O) groups excluding carboxylic acids is 2. The van der Waals surface area contributed by atoms with Crippen molar-refractivity contribution in [3.05, 3.63) is 60.9 Å². The van der Waals surface area contributed by atoms with Gasteiger partial charge in [0.2, 0.25) is 10.0 Å². The summed E-state index contributed by atoms with van der Waals surface area (Å²) in [7, 11) is -3.92. The lowest BCUT2D eigenvalue weighted by molar-refractivity contribution is -0.124. The van der Waals surface area contributed by atoms with Crippen molar-refractivity contribution >= 4 is 22.0 Å². The first-order chi connectivity index (χ1) is 13.1. The number of hydrogen-bond donors (Lipinski definition) is 3. The van der Waals surface area contributed by atoms with Crippen molar-refractivity contribution in [2.24, 2.45) is 0 Å². The highest BCUT2D eigenvalue weighted by Crippen LogP contribution is 2.21. The molecule has 2 rings (SSSR count). The number of amides is 3. The molecule has 0 aliphatic carbocycles. The van der Waals surface area contributed by atoms with Crippen LogP contribution in [0, 0.1) is 0 Å². The van der Waals surface area contributed by atoms with Gasteiger partial charge >= 0.3 is 6.03 Å². The Hall–Kier alpha value is -2.91. The van der Waals surface area contributed by atoms with Crippen molar-refractivity contribution in [1.29, 1.82) is 0 Å². The van der Waals surface area contributed by atoms with Crippen LogP contribution in [0.25, 0.3) is 0 Å². The molecule has 0 saturated carbocycles. The first kappa shape index (κ1) is 21.4. The van der Waals surface area contributed by atoms with Crippen LogP contribution in [0.4, 0.5) is 4.79 Å². The Morgan fingerprint density at radius 1 is 1.25 bits per heavy atom. The molecule has 1 heterocycles. The largest absolute Gasteiger partial charge is 0.458 e. The summed E-state index contributed by atoms with van der Waals surface area (Å²) < 4.78 is 33.1. The zero-order valence-electron chi connectivity index (χ0n) is 15.9. The Labute approximate surface area is 164 Å². The number of carbonyl (C=O) groups is 2. The molecule has 1 aliphatic heterocycles. The first-order valence-electron chi connectivity index (χ1n) is 8.50. The third kappa shape index (κ3) is 4.87. The Bertz CT molecular complexity index is 935. The average Bonchev–Trinajstić information content (AvgIpc) is 2.88. The monoisotopic (exact) mass is 405 g/mol. The molecule has 150 valence electrons. The number of ether oxygens (including phenoxy) is 1. The lowest BCUT2D eigenvalue weighted by atomic mass is 9.95. The number of benzene rings is 1. The van der Waals surface area contributed by atoms with Gasteiger partial charge < -0.3 is 10.1 Å². The van der Waals surface area contributed by atoms with Crippen LogP contribution < -0.4 is 20.1 Å². The van der Waals surface area contributed by atoms with Crippen molar-refractivity contribution in [3.63, 3.8) is 0 Å². The minimum absolute atomic E-state index is 0.00453. The Balaban J connectivity index is 2.08. The topological polar surface area (TPSA) is 114 Å². The number of hydrogen-bond acceptors (Lipinski definition) is 5. The second-order valence-corrected chi connectivity index (χ2v) is 8.09. The molecule has 0 aromatic heterocycles. The van der Waals surface area contributed by atoms with Crippen LogP contribution in [0.15, 0.2) is 65.8 Å². The van der Waals surface area contributed by atoms with E-state index in [2.05, 4.69) is 21.9 Å². The molecule has 3 N–H and O–H groups in total.